The topological polar surface area (TPSA) is 72.0 Å². The van der Waals surface area contributed by atoms with Crippen LogP contribution in [0.4, 0.5) is 5.82 Å². The normalized spacial score (nSPS) is 21.5. The van der Waals surface area contributed by atoms with Crippen LogP contribution in [0.25, 0.3) is 0 Å². The van der Waals surface area contributed by atoms with E-state index < -0.39 is 9.84 Å². The zero-order valence-electron chi connectivity index (χ0n) is 10.9. The molecular weight excluding hydrogens is 286 g/mol. The van der Waals surface area contributed by atoms with Crippen molar-refractivity contribution in [2.24, 2.45) is 5.92 Å². The van der Waals surface area contributed by atoms with Gasteiger partial charge >= 0.3 is 0 Å². The summed E-state index contributed by atoms with van der Waals surface area (Å²) in [5.41, 5.74) is 0. The molecule has 1 unspecified atom stereocenters. The van der Waals surface area contributed by atoms with Gasteiger partial charge in [-0.2, -0.15) is 0 Å². The van der Waals surface area contributed by atoms with Crippen molar-refractivity contribution in [1.29, 1.82) is 0 Å². The maximum Gasteiger partial charge on any atom is 0.150 e. The summed E-state index contributed by atoms with van der Waals surface area (Å²) in [6.45, 7) is 2.67. The summed E-state index contributed by atoms with van der Waals surface area (Å²) in [4.78, 5) is 8.51. The molecule has 19 heavy (non-hydrogen) atoms. The Kier molecular flexibility index (Phi) is 4.62. The molecule has 1 aliphatic heterocycles. The van der Waals surface area contributed by atoms with Crippen molar-refractivity contribution >= 4 is 27.3 Å². The van der Waals surface area contributed by atoms with Crippen molar-refractivity contribution in [3.63, 3.8) is 0 Å². The van der Waals surface area contributed by atoms with Gasteiger partial charge in [-0.15, -0.1) is 0 Å². The van der Waals surface area contributed by atoms with Gasteiger partial charge in [-0.05, 0) is 18.8 Å². The highest BCUT2D eigenvalue weighted by Crippen LogP contribution is 2.19. The monoisotopic (exact) mass is 303 g/mol. The van der Waals surface area contributed by atoms with Gasteiger partial charge in [0.15, 0.2) is 9.84 Å². The van der Waals surface area contributed by atoms with Gasteiger partial charge < -0.3 is 5.32 Å². The minimum Gasteiger partial charge on any atom is -0.370 e. The Hall–Kier alpha value is -0.880. The van der Waals surface area contributed by atoms with Crippen LogP contribution in [-0.4, -0.2) is 36.4 Å². The van der Waals surface area contributed by atoms with Crippen molar-refractivity contribution in [2.45, 2.75) is 26.2 Å². The first-order chi connectivity index (χ1) is 8.98. The molecule has 1 aromatic heterocycles. The summed E-state index contributed by atoms with van der Waals surface area (Å²) < 4.78 is 22.7. The van der Waals surface area contributed by atoms with Gasteiger partial charge in [0.05, 0.1) is 11.5 Å². The van der Waals surface area contributed by atoms with Crippen molar-refractivity contribution < 1.29 is 8.42 Å². The van der Waals surface area contributed by atoms with Crippen LogP contribution in [0.15, 0.2) is 6.07 Å². The van der Waals surface area contributed by atoms with E-state index >= 15 is 0 Å². The number of halogens is 1. The molecule has 106 valence electrons. The van der Waals surface area contributed by atoms with Gasteiger partial charge in [0.2, 0.25) is 0 Å². The molecule has 0 amide bonds. The lowest BCUT2D eigenvalue weighted by Gasteiger charge is -2.11. The summed E-state index contributed by atoms with van der Waals surface area (Å²) >= 11 is 5.94. The van der Waals surface area contributed by atoms with Crippen LogP contribution < -0.4 is 5.32 Å². The van der Waals surface area contributed by atoms with Gasteiger partial charge in [0.1, 0.15) is 16.8 Å². The van der Waals surface area contributed by atoms with E-state index in [1.54, 1.807) is 6.07 Å². The number of hydrogen-bond acceptors (Lipinski definition) is 5. The Morgan fingerprint density at radius 2 is 2.26 bits per heavy atom. The first-order valence-corrected chi connectivity index (χ1v) is 8.66. The Morgan fingerprint density at radius 3 is 2.89 bits per heavy atom. The summed E-state index contributed by atoms with van der Waals surface area (Å²) in [6.07, 6.45) is 2.46. The number of sulfone groups is 1. The lowest BCUT2D eigenvalue weighted by atomic mass is 10.1. The summed E-state index contributed by atoms with van der Waals surface area (Å²) in [5, 5.41) is 3.58. The third-order valence-electron chi connectivity index (χ3n) is 3.11. The second-order valence-electron chi connectivity index (χ2n) is 4.89. The number of aromatic nitrogens is 2. The molecule has 1 aliphatic rings. The maximum atomic E-state index is 11.4. The van der Waals surface area contributed by atoms with Crippen LogP contribution in [0.2, 0.25) is 5.15 Å². The largest absolute Gasteiger partial charge is 0.370 e. The molecule has 2 heterocycles. The highest BCUT2D eigenvalue weighted by Gasteiger charge is 2.27. The minimum atomic E-state index is -2.82. The molecule has 7 heteroatoms. The number of aryl methyl sites for hydroxylation is 1. The minimum absolute atomic E-state index is 0.161. The molecule has 1 N–H and O–H groups in total. The van der Waals surface area contributed by atoms with E-state index in [1.807, 2.05) is 0 Å². The summed E-state index contributed by atoms with van der Waals surface area (Å²) in [7, 11) is -2.82. The lowest BCUT2D eigenvalue weighted by molar-refractivity contribution is 0.595. The highest BCUT2D eigenvalue weighted by atomic mass is 35.5. The fourth-order valence-corrected chi connectivity index (χ4v) is 4.24. The Bertz CT molecular complexity index is 548. The van der Waals surface area contributed by atoms with Gasteiger partial charge in [-0.25, -0.2) is 18.4 Å². The van der Waals surface area contributed by atoms with Crippen LogP contribution in [-0.2, 0) is 16.3 Å². The molecule has 0 spiro atoms. The summed E-state index contributed by atoms with van der Waals surface area (Å²) in [5.74, 6) is 2.11. The molecule has 1 fully saturated rings. The molecule has 5 nitrogen and oxygen atoms in total. The quantitative estimate of drug-likeness (QED) is 0.842. The third-order valence-corrected chi connectivity index (χ3v) is 5.14. The van der Waals surface area contributed by atoms with Crippen molar-refractivity contribution in [1.82, 2.24) is 9.97 Å². The van der Waals surface area contributed by atoms with Crippen LogP contribution in [0.1, 0.15) is 25.6 Å². The SMILES string of the molecule is CCCc1nc(Cl)cc(NCC2CCS(=O)(=O)C2)n1. The molecular formula is C12H18ClN3O2S. The average molecular weight is 304 g/mol. The third kappa shape index (κ3) is 4.31. The number of nitrogens with zero attached hydrogens (tertiary/aromatic N) is 2. The van der Waals surface area contributed by atoms with Crippen molar-refractivity contribution in [3.8, 4) is 0 Å². The lowest BCUT2D eigenvalue weighted by Crippen LogP contribution is -2.16. The smallest absolute Gasteiger partial charge is 0.150 e. The first-order valence-electron chi connectivity index (χ1n) is 6.46. The molecule has 0 saturated carbocycles. The average Bonchev–Trinajstić information content (AvgIpc) is 2.66. The van der Waals surface area contributed by atoms with Gasteiger partial charge in [0.25, 0.3) is 0 Å². The van der Waals surface area contributed by atoms with Crippen molar-refractivity contribution in [2.75, 3.05) is 23.4 Å². The number of rotatable bonds is 5. The van der Waals surface area contributed by atoms with E-state index in [9.17, 15) is 8.42 Å². The fourth-order valence-electron chi connectivity index (χ4n) is 2.17. The van der Waals surface area contributed by atoms with Gasteiger partial charge in [0, 0.05) is 19.0 Å². The number of nitrogens with one attached hydrogen (secondary N) is 1. The molecule has 0 aliphatic carbocycles. The fraction of sp³-hybridized carbons (Fsp3) is 0.667. The molecule has 1 atom stereocenters. The molecule has 1 aromatic rings. The molecule has 1 saturated heterocycles. The van der Waals surface area contributed by atoms with Crippen LogP contribution >= 0.6 is 11.6 Å². The van der Waals surface area contributed by atoms with E-state index in [2.05, 4.69) is 22.2 Å². The standard InChI is InChI=1S/C12H18ClN3O2S/c1-2-3-11-15-10(13)6-12(16-11)14-7-9-4-5-19(17,18)8-9/h6,9H,2-5,7-8H2,1H3,(H,14,15,16). The Balaban J connectivity index is 1.96. The first kappa shape index (κ1) is 14.5. The predicted octanol–water partition coefficient (Wildman–Crippen LogP) is 1.93. The predicted molar refractivity (Wildman–Crippen MR) is 76.3 cm³/mol. The van der Waals surface area contributed by atoms with E-state index in [4.69, 9.17) is 11.6 Å². The zero-order valence-corrected chi connectivity index (χ0v) is 12.5. The van der Waals surface area contributed by atoms with E-state index in [0.717, 1.165) is 25.1 Å². The Labute approximate surface area is 118 Å². The van der Waals surface area contributed by atoms with Crippen LogP contribution in [0, 0.1) is 5.92 Å². The molecule has 0 bridgehead atoms. The molecule has 2 rings (SSSR count). The van der Waals surface area contributed by atoms with E-state index in [1.165, 1.54) is 0 Å². The second kappa shape index (κ2) is 6.05. The van der Waals surface area contributed by atoms with Crippen LogP contribution in [0.3, 0.4) is 0 Å². The number of anilines is 1. The highest BCUT2D eigenvalue weighted by molar-refractivity contribution is 7.91. The zero-order chi connectivity index (χ0) is 13.9. The molecule has 0 radical (unpaired) electrons. The molecule has 0 aromatic carbocycles. The Morgan fingerprint density at radius 1 is 1.47 bits per heavy atom. The second-order valence-corrected chi connectivity index (χ2v) is 7.51. The summed E-state index contributed by atoms with van der Waals surface area (Å²) in [6, 6.07) is 1.67. The van der Waals surface area contributed by atoms with Gasteiger partial charge in [-0.3, -0.25) is 0 Å². The van der Waals surface area contributed by atoms with Crippen LogP contribution in [0.5, 0.6) is 0 Å². The van der Waals surface area contributed by atoms with Crippen molar-refractivity contribution in [3.05, 3.63) is 17.0 Å². The van der Waals surface area contributed by atoms with E-state index in [-0.39, 0.29) is 11.7 Å². The van der Waals surface area contributed by atoms with Gasteiger partial charge in [-0.1, -0.05) is 18.5 Å². The maximum absolute atomic E-state index is 11.4. The van der Waals surface area contributed by atoms with E-state index in [0.29, 0.717) is 23.3 Å². The number of hydrogen-bond donors (Lipinski definition) is 1.